The van der Waals surface area contributed by atoms with Crippen LogP contribution >= 0.6 is 0 Å². The molecule has 0 aromatic heterocycles. The molecule has 1 fully saturated rings. The number of carbonyl (C=O) groups excluding carboxylic acids is 2. The zero-order valence-corrected chi connectivity index (χ0v) is 13.0. The highest BCUT2D eigenvalue weighted by Gasteiger charge is 2.37. The molecule has 0 saturated carbocycles. The van der Waals surface area contributed by atoms with Crippen molar-refractivity contribution in [3.05, 3.63) is 29.8 Å². The summed E-state index contributed by atoms with van der Waals surface area (Å²) in [6, 6.07) is 7.07. The third kappa shape index (κ3) is 3.83. The number of hydrogen-bond acceptors (Lipinski definition) is 5. The second-order valence-electron chi connectivity index (χ2n) is 5.16. The molecule has 22 heavy (non-hydrogen) atoms. The predicted molar refractivity (Wildman–Crippen MR) is 80.6 cm³/mol. The van der Waals surface area contributed by atoms with Crippen LogP contribution < -0.4 is 10.0 Å². The number of hydrogen-bond donors (Lipinski definition) is 1. The number of aryl methyl sites for hydroxylation is 1. The first-order valence-electron chi connectivity index (χ1n) is 6.79. The normalized spacial score (nSPS) is 18.5. The second-order valence-corrected chi connectivity index (χ2v) is 7.01. The molecule has 1 unspecified atom stereocenters. The van der Waals surface area contributed by atoms with Crippen LogP contribution in [-0.2, 0) is 30.8 Å². The van der Waals surface area contributed by atoms with Crippen LogP contribution in [0.3, 0.4) is 0 Å². The molecule has 0 spiro atoms. The molecule has 2 N–H and O–H groups in total. The fourth-order valence-electron chi connectivity index (χ4n) is 2.34. The molecule has 1 aromatic rings. The Morgan fingerprint density at radius 2 is 2.00 bits per heavy atom. The Hall–Kier alpha value is -1.93. The van der Waals surface area contributed by atoms with Crippen LogP contribution in [0, 0.1) is 0 Å². The Labute approximate surface area is 129 Å². The van der Waals surface area contributed by atoms with Gasteiger partial charge in [-0.05, 0) is 24.1 Å². The zero-order valence-electron chi connectivity index (χ0n) is 12.2. The van der Waals surface area contributed by atoms with E-state index in [0.29, 0.717) is 12.1 Å². The zero-order chi connectivity index (χ0) is 16.3. The van der Waals surface area contributed by atoms with Gasteiger partial charge in [0.1, 0.15) is 5.25 Å². The first-order chi connectivity index (χ1) is 10.3. The summed E-state index contributed by atoms with van der Waals surface area (Å²) in [6.45, 7) is 0.0686. The summed E-state index contributed by atoms with van der Waals surface area (Å²) in [6.07, 6.45) is 0.732. The number of benzene rings is 1. The topological polar surface area (TPSA) is 107 Å². The molecule has 120 valence electrons. The van der Waals surface area contributed by atoms with Crippen molar-refractivity contribution in [2.75, 3.05) is 18.6 Å². The molecule has 0 radical (unpaired) electrons. The first-order valence-corrected chi connectivity index (χ1v) is 8.40. The van der Waals surface area contributed by atoms with Gasteiger partial charge in [-0.25, -0.2) is 13.6 Å². The third-order valence-electron chi connectivity index (χ3n) is 3.65. The van der Waals surface area contributed by atoms with Crippen LogP contribution in [0.2, 0.25) is 0 Å². The predicted octanol–water partition coefficient (Wildman–Crippen LogP) is 0.186. The third-order valence-corrected chi connectivity index (χ3v) is 4.89. The van der Waals surface area contributed by atoms with E-state index in [-0.39, 0.29) is 31.3 Å². The molecule has 8 heteroatoms. The Morgan fingerprint density at radius 3 is 2.50 bits per heavy atom. The number of anilines is 1. The van der Waals surface area contributed by atoms with Gasteiger partial charge in [0.25, 0.3) is 0 Å². The number of nitrogens with zero attached hydrogens (tertiary/aromatic N) is 1. The number of rotatable bonds is 5. The van der Waals surface area contributed by atoms with Gasteiger partial charge in [0.05, 0.1) is 7.11 Å². The average Bonchev–Trinajstić information content (AvgIpc) is 2.87. The molecule has 1 atom stereocenters. The van der Waals surface area contributed by atoms with Crippen LogP contribution in [0.1, 0.15) is 18.4 Å². The highest BCUT2D eigenvalue weighted by molar-refractivity contribution is 7.89. The summed E-state index contributed by atoms with van der Waals surface area (Å²) in [4.78, 5) is 24.4. The van der Waals surface area contributed by atoms with Crippen LogP contribution in [0.15, 0.2) is 24.3 Å². The molecule has 1 aliphatic rings. The van der Waals surface area contributed by atoms with E-state index in [1.165, 1.54) is 12.0 Å². The SMILES string of the molecule is COC(=O)CCc1ccc(N2CC(S(N)(=O)=O)CC2=O)cc1. The van der Waals surface area contributed by atoms with E-state index in [2.05, 4.69) is 4.74 Å². The second kappa shape index (κ2) is 6.45. The molecule has 1 saturated heterocycles. The molecule has 0 aliphatic carbocycles. The maximum Gasteiger partial charge on any atom is 0.305 e. The van der Waals surface area contributed by atoms with Crippen molar-refractivity contribution < 1.29 is 22.7 Å². The maximum atomic E-state index is 11.9. The summed E-state index contributed by atoms with van der Waals surface area (Å²) in [5.74, 6) is -0.545. The number of esters is 1. The summed E-state index contributed by atoms with van der Waals surface area (Å²) in [7, 11) is -2.38. The fourth-order valence-corrected chi connectivity index (χ4v) is 3.07. The number of ether oxygens (including phenoxy) is 1. The van der Waals surface area contributed by atoms with E-state index >= 15 is 0 Å². The maximum absolute atomic E-state index is 11.9. The smallest absolute Gasteiger partial charge is 0.305 e. The van der Waals surface area contributed by atoms with Gasteiger partial charge >= 0.3 is 5.97 Å². The molecule has 1 aromatic carbocycles. The van der Waals surface area contributed by atoms with Crippen molar-refractivity contribution in [1.29, 1.82) is 0 Å². The van der Waals surface area contributed by atoms with E-state index in [4.69, 9.17) is 5.14 Å². The lowest BCUT2D eigenvalue weighted by Gasteiger charge is -2.16. The van der Waals surface area contributed by atoms with Gasteiger partial charge in [-0.3, -0.25) is 9.59 Å². The minimum Gasteiger partial charge on any atom is -0.469 e. The van der Waals surface area contributed by atoms with Crippen molar-refractivity contribution in [3.63, 3.8) is 0 Å². The largest absolute Gasteiger partial charge is 0.469 e. The van der Waals surface area contributed by atoms with Crippen LogP contribution in [-0.4, -0.2) is 39.2 Å². The molecule has 1 aliphatic heterocycles. The van der Waals surface area contributed by atoms with Gasteiger partial charge in [-0.1, -0.05) is 12.1 Å². The van der Waals surface area contributed by atoms with E-state index in [1.807, 2.05) is 0 Å². The molecule has 1 amide bonds. The Bertz CT molecular complexity index is 669. The van der Waals surface area contributed by atoms with Gasteiger partial charge in [0.2, 0.25) is 15.9 Å². The van der Waals surface area contributed by atoms with Gasteiger partial charge in [-0.2, -0.15) is 0 Å². The van der Waals surface area contributed by atoms with Crippen molar-refractivity contribution >= 4 is 27.6 Å². The monoisotopic (exact) mass is 326 g/mol. The quantitative estimate of drug-likeness (QED) is 0.777. The number of sulfonamides is 1. The van der Waals surface area contributed by atoms with E-state index in [9.17, 15) is 18.0 Å². The van der Waals surface area contributed by atoms with Gasteiger partial charge in [0.15, 0.2) is 0 Å². The lowest BCUT2D eigenvalue weighted by Crippen LogP contribution is -2.32. The minimum atomic E-state index is -3.72. The summed E-state index contributed by atoms with van der Waals surface area (Å²) < 4.78 is 27.3. The number of primary sulfonamides is 1. The van der Waals surface area contributed by atoms with Crippen molar-refractivity contribution in [3.8, 4) is 0 Å². The van der Waals surface area contributed by atoms with Gasteiger partial charge in [0, 0.05) is 25.1 Å². The summed E-state index contributed by atoms with van der Waals surface area (Å²) >= 11 is 0. The Balaban J connectivity index is 2.05. The highest BCUT2D eigenvalue weighted by atomic mass is 32.2. The van der Waals surface area contributed by atoms with Crippen LogP contribution in [0.4, 0.5) is 5.69 Å². The van der Waals surface area contributed by atoms with E-state index < -0.39 is 15.3 Å². The lowest BCUT2D eigenvalue weighted by molar-refractivity contribution is -0.140. The molecular formula is C14H18N2O5S. The van der Waals surface area contributed by atoms with Crippen molar-refractivity contribution in [2.45, 2.75) is 24.5 Å². The number of amides is 1. The lowest BCUT2D eigenvalue weighted by atomic mass is 10.1. The Kier molecular flexibility index (Phi) is 4.82. The number of carbonyl (C=O) groups is 2. The summed E-state index contributed by atoms with van der Waals surface area (Å²) in [5, 5.41) is 4.24. The first kappa shape index (κ1) is 16.4. The molecule has 2 rings (SSSR count). The fraction of sp³-hybridized carbons (Fsp3) is 0.429. The van der Waals surface area contributed by atoms with Gasteiger partial charge in [-0.15, -0.1) is 0 Å². The van der Waals surface area contributed by atoms with E-state index in [0.717, 1.165) is 5.56 Å². The minimum absolute atomic E-state index is 0.0686. The van der Waals surface area contributed by atoms with Gasteiger partial charge < -0.3 is 9.64 Å². The van der Waals surface area contributed by atoms with Crippen LogP contribution in [0.5, 0.6) is 0 Å². The number of methoxy groups -OCH3 is 1. The number of nitrogens with two attached hydrogens (primary N) is 1. The molecule has 1 heterocycles. The Morgan fingerprint density at radius 1 is 1.36 bits per heavy atom. The van der Waals surface area contributed by atoms with Crippen LogP contribution in [0.25, 0.3) is 0 Å². The van der Waals surface area contributed by atoms with Crippen molar-refractivity contribution in [2.24, 2.45) is 5.14 Å². The average molecular weight is 326 g/mol. The van der Waals surface area contributed by atoms with Crippen molar-refractivity contribution in [1.82, 2.24) is 0 Å². The summed E-state index contributed by atoms with van der Waals surface area (Å²) in [5.41, 5.74) is 1.56. The van der Waals surface area contributed by atoms with E-state index in [1.54, 1.807) is 24.3 Å². The highest BCUT2D eigenvalue weighted by Crippen LogP contribution is 2.24. The molecule has 0 bridgehead atoms. The molecular weight excluding hydrogens is 308 g/mol. The molecule has 7 nitrogen and oxygen atoms in total. The standard InChI is InChI=1S/C14H18N2O5S/c1-21-14(18)7-4-10-2-5-11(6-3-10)16-9-12(8-13(16)17)22(15,19)20/h2-3,5-6,12H,4,7-9H2,1H3,(H2,15,19,20).